The molecular weight excluding hydrogens is 444 g/mol. The average Bonchev–Trinajstić information content (AvgIpc) is 3.44. The Morgan fingerprint density at radius 3 is 2.77 bits per heavy atom. The van der Waals surface area contributed by atoms with Crippen LogP contribution in [0.4, 0.5) is 5.69 Å². The molecule has 154 valence electrons. The van der Waals surface area contributed by atoms with Crippen LogP contribution in [0.15, 0.2) is 57.1 Å². The molecule has 0 atom stereocenters. The first-order valence-corrected chi connectivity index (χ1v) is 11.0. The van der Waals surface area contributed by atoms with E-state index < -0.39 is 0 Å². The maximum Gasteiger partial charge on any atom is 0.201 e. The standard InChI is InChI=1S/C23H23BrN4O2/c1-27-22-16(8-6-9-17(22)24)19(23(27)29)21-20(15-7-2-3-10-18(15)25-21)26-30-14-13-28-11-4-5-12-28/h2-3,6-10,29H,4-5,11-14H2,1H3/b26-20+. The van der Waals surface area contributed by atoms with Crippen molar-refractivity contribution in [1.82, 2.24) is 9.47 Å². The van der Waals surface area contributed by atoms with Gasteiger partial charge in [0.25, 0.3) is 0 Å². The molecule has 7 heteroatoms. The molecule has 30 heavy (non-hydrogen) atoms. The lowest BCUT2D eigenvalue weighted by molar-refractivity contribution is 0.119. The summed E-state index contributed by atoms with van der Waals surface area (Å²) in [4.78, 5) is 13.0. The third-order valence-electron chi connectivity index (χ3n) is 5.84. The number of fused-ring (bicyclic) bond motifs is 2. The molecule has 1 N–H and O–H groups in total. The van der Waals surface area contributed by atoms with E-state index in [1.807, 2.05) is 49.5 Å². The summed E-state index contributed by atoms with van der Waals surface area (Å²) in [5.41, 5.74) is 4.64. The Hall–Kier alpha value is -2.64. The number of aromatic nitrogens is 1. The van der Waals surface area contributed by atoms with Crippen LogP contribution >= 0.6 is 15.9 Å². The number of likely N-dealkylation sites (tertiary alicyclic amines) is 1. The molecule has 0 unspecified atom stereocenters. The van der Waals surface area contributed by atoms with Gasteiger partial charge in [0, 0.05) is 29.0 Å². The Morgan fingerprint density at radius 1 is 1.13 bits per heavy atom. The van der Waals surface area contributed by atoms with E-state index in [1.165, 1.54) is 12.8 Å². The van der Waals surface area contributed by atoms with E-state index in [0.717, 1.165) is 46.3 Å². The second kappa shape index (κ2) is 7.89. The fourth-order valence-electron chi connectivity index (χ4n) is 4.31. The Bertz CT molecular complexity index is 1180. The average molecular weight is 467 g/mol. The second-order valence-corrected chi connectivity index (χ2v) is 8.55. The molecule has 5 rings (SSSR count). The molecule has 0 aliphatic carbocycles. The van der Waals surface area contributed by atoms with Gasteiger partial charge >= 0.3 is 0 Å². The number of halogens is 1. The lowest BCUT2D eigenvalue weighted by atomic mass is 10.0. The van der Waals surface area contributed by atoms with Crippen LogP contribution in [0.3, 0.4) is 0 Å². The normalized spacial score (nSPS) is 17.7. The summed E-state index contributed by atoms with van der Waals surface area (Å²) in [6, 6.07) is 13.8. The zero-order valence-corrected chi connectivity index (χ0v) is 18.4. The molecule has 6 nitrogen and oxygen atoms in total. The highest BCUT2D eigenvalue weighted by molar-refractivity contribution is 9.10. The second-order valence-electron chi connectivity index (χ2n) is 7.69. The smallest absolute Gasteiger partial charge is 0.201 e. The summed E-state index contributed by atoms with van der Waals surface area (Å²) in [6.07, 6.45) is 2.52. The SMILES string of the molecule is Cn1c(O)c(C2=Nc3ccccc3/C2=N\OCCN2CCCC2)c2cccc(Br)c21. The van der Waals surface area contributed by atoms with Gasteiger partial charge in [-0.05, 0) is 54.0 Å². The number of aliphatic imine (C=N–C) groups is 1. The van der Waals surface area contributed by atoms with Gasteiger partial charge in [-0.3, -0.25) is 4.90 Å². The molecule has 0 amide bonds. The topological polar surface area (TPSA) is 62.4 Å². The molecule has 0 bridgehead atoms. The van der Waals surface area contributed by atoms with Gasteiger partial charge in [-0.1, -0.05) is 35.5 Å². The number of rotatable bonds is 5. The monoisotopic (exact) mass is 466 g/mol. The highest BCUT2D eigenvalue weighted by atomic mass is 79.9. The molecule has 3 aromatic rings. The Balaban J connectivity index is 1.54. The number of oxime groups is 1. The highest BCUT2D eigenvalue weighted by Crippen LogP contribution is 2.39. The zero-order valence-electron chi connectivity index (χ0n) is 16.8. The molecular formula is C23H23BrN4O2. The first-order valence-electron chi connectivity index (χ1n) is 10.2. The van der Waals surface area contributed by atoms with Crippen molar-refractivity contribution in [1.29, 1.82) is 0 Å². The molecule has 1 aromatic heterocycles. The minimum Gasteiger partial charge on any atom is -0.494 e. The van der Waals surface area contributed by atoms with Gasteiger partial charge in [0.1, 0.15) is 18.0 Å². The van der Waals surface area contributed by atoms with Crippen LogP contribution in [0.25, 0.3) is 10.9 Å². The van der Waals surface area contributed by atoms with Gasteiger partial charge in [-0.2, -0.15) is 0 Å². The molecule has 1 fully saturated rings. The molecule has 2 aliphatic heterocycles. The van der Waals surface area contributed by atoms with Crippen molar-refractivity contribution in [2.45, 2.75) is 12.8 Å². The summed E-state index contributed by atoms with van der Waals surface area (Å²) in [6.45, 7) is 3.67. The van der Waals surface area contributed by atoms with Crippen LogP contribution in [0.2, 0.25) is 0 Å². The molecule has 1 saturated heterocycles. The van der Waals surface area contributed by atoms with E-state index in [0.29, 0.717) is 23.6 Å². The molecule has 2 aliphatic rings. The van der Waals surface area contributed by atoms with E-state index in [1.54, 1.807) is 4.57 Å². The Labute approximate surface area is 183 Å². The van der Waals surface area contributed by atoms with Crippen molar-refractivity contribution < 1.29 is 9.94 Å². The highest BCUT2D eigenvalue weighted by Gasteiger charge is 2.30. The number of aromatic hydroxyl groups is 1. The summed E-state index contributed by atoms with van der Waals surface area (Å²) in [5, 5.41) is 16.4. The van der Waals surface area contributed by atoms with E-state index in [2.05, 4.69) is 26.0 Å². The summed E-state index contributed by atoms with van der Waals surface area (Å²) in [5.74, 6) is 0.160. The van der Waals surface area contributed by atoms with Crippen LogP contribution in [0.1, 0.15) is 24.0 Å². The van der Waals surface area contributed by atoms with Gasteiger partial charge in [0.05, 0.1) is 16.8 Å². The predicted octanol–water partition coefficient (Wildman–Crippen LogP) is 4.60. The summed E-state index contributed by atoms with van der Waals surface area (Å²) >= 11 is 3.60. The fraction of sp³-hybridized carbons (Fsp3) is 0.304. The Kier molecular flexibility index (Phi) is 5.08. The first-order chi connectivity index (χ1) is 14.6. The summed E-state index contributed by atoms with van der Waals surface area (Å²) < 4.78 is 2.69. The maximum atomic E-state index is 11.0. The number of hydrogen-bond donors (Lipinski definition) is 1. The molecule has 3 heterocycles. The fourth-order valence-corrected chi connectivity index (χ4v) is 4.94. The number of hydrogen-bond acceptors (Lipinski definition) is 5. The minimum atomic E-state index is 0.160. The zero-order chi connectivity index (χ0) is 20.7. The van der Waals surface area contributed by atoms with Crippen molar-refractivity contribution in [2.75, 3.05) is 26.2 Å². The van der Waals surface area contributed by atoms with Gasteiger partial charge in [-0.15, -0.1) is 0 Å². The van der Waals surface area contributed by atoms with Gasteiger partial charge in [-0.25, -0.2) is 4.99 Å². The van der Waals surface area contributed by atoms with Crippen molar-refractivity contribution in [2.24, 2.45) is 17.2 Å². The molecule has 2 aromatic carbocycles. The van der Waals surface area contributed by atoms with Gasteiger partial charge in [0.2, 0.25) is 5.88 Å². The molecule has 0 spiro atoms. The largest absolute Gasteiger partial charge is 0.494 e. The quantitative estimate of drug-likeness (QED) is 0.441. The number of nitrogens with zero attached hydrogens (tertiary/aromatic N) is 4. The van der Waals surface area contributed by atoms with Crippen molar-refractivity contribution in [3.63, 3.8) is 0 Å². The lowest BCUT2D eigenvalue weighted by Gasteiger charge is -2.13. The van der Waals surface area contributed by atoms with Crippen molar-refractivity contribution in [3.05, 3.63) is 58.1 Å². The van der Waals surface area contributed by atoms with Crippen LogP contribution in [-0.2, 0) is 11.9 Å². The third-order valence-corrected chi connectivity index (χ3v) is 6.48. The van der Waals surface area contributed by atoms with Gasteiger partial charge in [0.15, 0.2) is 0 Å². The van der Waals surface area contributed by atoms with E-state index in [-0.39, 0.29) is 5.88 Å². The third kappa shape index (κ3) is 3.22. The van der Waals surface area contributed by atoms with Crippen LogP contribution in [-0.4, -0.2) is 52.2 Å². The number of benzene rings is 2. The van der Waals surface area contributed by atoms with E-state index >= 15 is 0 Å². The van der Waals surface area contributed by atoms with Crippen LogP contribution in [0, 0.1) is 0 Å². The lowest BCUT2D eigenvalue weighted by Crippen LogP contribution is -2.23. The molecule has 0 radical (unpaired) electrons. The predicted molar refractivity (Wildman–Crippen MR) is 123 cm³/mol. The first kappa shape index (κ1) is 19.3. The van der Waals surface area contributed by atoms with Crippen LogP contribution < -0.4 is 0 Å². The van der Waals surface area contributed by atoms with Crippen molar-refractivity contribution in [3.8, 4) is 5.88 Å². The van der Waals surface area contributed by atoms with Crippen LogP contribution in [0.5, 0.6) is 5.88 Å². The molecule has 0 saturated carbocycles. The summed E-state index contributed by atoms with van der Waals surface area (Å²) in [7, 11) is 1.85. The number of para-hydroxylation sites is 2. The van der Waals surface area contributed by atoms with Crippen molar-refractivity contribution >= 4 is 43.9 Å². The van der Waals surface area contributed by atoms with Gasteiger partial charge < -0.3 is 14.5 Å². The maximum absolute atomic E-state index is 11.0. The van der Waals surface area contributed by atoms with E-state index in [4.69, 9.17) is 9.83 Å². The minimum absolute atomic E-state index is 0.160. The number of aryl methyl sites for hydroxylation is 1. The Morgan fingerprint density at radius 2 is 1.93 bits per heavy atom. The van der Waals surface area contributed by atoms with E-state index in [9.17, 15) is 5.11 Å².